The molecule has 3 heterocycles. The zero-order chi connectivity index (χ0) is 17.0. The molecule has 24 heavy (non-hydrogen) atoms. The van der Waals surface area contributed by atoms with Gasteiger partial charge in [-0.3, -0.25) is 0 Å². The van der Waals surface area contributed by atoms with Crippen LogP contribution in [0, 0.1) is 6.92 Å². The van der Waals surface area contributed by atoms with Crippen molar-refractivity contribution in [3.05, 3.63) is 35.0 Å². The summed E-state index contributed by atoms with van der Waals surface area (Å²) >= 11 is 1.36. The predicted octanol–water partition coefficient (Wildman–Crippen LogP) is 2.68. The van der Waals surface area contributed by atoms with Crippen LogP contribution in [0.3, 0.4) is 0 Å². The zero-order valence-corrected chi connectivity index (χ0v) is 15.4. The SMILES string of the molecule is Cc1cnc(NCCc2ccc(S(=O)(=O)N3CCCCC3)s2)nc1. The van der Waals surface area contributed by atoms with Crippen LogP contribution in [0.1, 0.15) is 29.7 Å². The highest BCUT2D eigenvalue weighted by molar-refractivity contribution is 7.91. The van der Waals surface area contributed by atoms with Crippen LogP contribution < -0.4 is 5.32 Å². The average Bonchev–Trinajstić information content (AvgIpc) is 3.07. The number of anilines is 1. The van der Waals surface area contributed by atoms with Crippen molar-refractivity contribution in [2.45, 2.75) is 36.8 Å². The number of hydrogen-bond donors (Lipinski definition) is 1. The number of aromatic nitrogens is 2. The summed E-state index contributed by atoms with van der Waals surface area (Å²) in [5, 5.41) is 3.16. The van der Waals surface area contributed by atoms with Crippen LogP contribution in [0.5, 0.6) is 0 Å². The third-order valence-corrected chi connectivity index (χ3v) is 7.49. The maximum absolute atomic E-state index is 12.6. The first kappa shape index (κ1) is 17.3. The van der Waals surface area contributed by atoms with Gasteiger partial charge in [-0.2, -0.15) is 4.31 Å². The van der Waals surface area contributed by atoms with Gasteiger partial charge in [0.2, 0.25) is 5.95 Å². The van der Waals surface area contributed by atoms with Gasteiger partial charge in [0.15, 0.2) is 0 Å². The van der Waals surface area contributed by atoms with Gasteiger partial charge in [-0.1, -0.05) is 6.42 Å². The van der Waals surface area contributed by atoms with Crippen molar-refractivity contribution in [3.63, 3.8) is 0 Å². The van der Waals surface area contributed by atoms with Crippen molar-refractivity contribution < 1.29 is 8.42 Å². The quantitative estimate of drug-likeness (QED) is 0.851. The first-order chi connectivity index (χ1) is 11.6. The van der Waals surface area contributed by atoms with E-state index in [2.05, 4.69) is 15.3 Å². The standard InChI is InChI=1S/C16H22N4O2S2/c1-13-11-18-16(19-12-13)17-8-7-14-5-6-15(23-14)24(21,22)20-9-3-2-4-10-20/h5-6,11-12H,2-4,7-10H2,1H3,(H,17,18,19). The van der Waals surface area contributed by atoms with E-state index < -0.39 is 10.0 Å². The lowest BCUT2D eigenvalue weighted by Gasteiger charge is -2.25. The van der Waals surface area contributed by atoms with Crippen LogP contribution in [-0.4, -0.2) is 42.3 Å². The number of aryl methyl sites for hydroxylation is 1. The summed E-state index contributed by atoms with van der Waals surface area (Å²) in [6, 6.07) is 3.63. The molecule has 0 radical (unpaired) electrons. The van der Waals surface area contributed by atoms with E-state index in [-0.39, 0.29) is 0 Å². The summed E-state index contributed by atoms with van der Waals surface area (Å²) in [6.07, 6.45) is 7.31. The molecule has 2 aromatic rings. The molecule has 6 nitrogen and oxygen atoms in total. The molecule has 1 fully saturated rings. The number of nitrogens with zero attached hydrogens (tertiary/aromatic N) is 3. The molecular weight excluding hydrogens is 344 g/mol. The number of thiophene rings is 1. The molecule has 130 valence electrons. The van der Waals surface area contributed by atoms with E-state index in [0.717, 1.165) is 36.1 Å². The van der Waals surface area contributed by atoms with Gasteiger partial charge in [0.25, 0.3) is 10.0 Å². The van der Waals surface area contributed by atoms with E-state index >= 15 is 0 Å². The molecule has 1 saturated heterocycles. The van der Waals surface area contributed by atoms with Gasteiger partial charge in [-0.25, -0.2) is 18.4 Å². The van der Waals surface area contributed by atoms with Crippen molar-refractivity contribution >= 4 is 27.3 Å². The Morgan fingerprint density at radius 2 is 1.88 bits per heavy atom. The number of nitrogens with one attached hydrogen (secondary N) is 1. The Balaban J connectivity index is 1.57. The number of sulfonamides is 1. The summed E-state index contributed by atoms with van der Waals surface area (Å²) in [6.45, 7) is 3.90. The van der Waals surface area contributed by atoms with E-state index in [9.17, 15) is 8.42 Å². The maximum atomic E-state index is 12.6. The molecule has 0 unspecified atom stereocenters. The smallest absolute Gasteiger partial charge is 0.252 e. The Bertz CT molecular complexity index is 766. The van der Waals surface area contributed by atoms with Gasteiger partial charge >= 0.3 is 0 Å². The summed E-state index contributed by atoms with van der Waals surface area (Å²) in [5.41, 5.74) is 1.02. The van der Waals surface area contributed by atoms with Crippen molar-refractivity contribution in [3.8, 4) is 0 Å². The minimum atomic E-state index is -3.32. The summed E-state index contributed by atoms with van der Waals surface area (Å²) in [4.78, 5) is 9.43. The molecule has 8 heteroatoms. The molecule has 0 spiro atoms. The van der Waals surface area contributed by atoms with Crippen LogP contribution >= 0.6 is 11.3 Å². The Morgan fingerprint density at radius 1 is 1.17 bits per heavy atom. The van der Waals surface area contributed by atoms with Crippen LogP contribution in [0.2, 0.25) is 0 Å². The zero-order valence-electron chi connectivity index (χ0n) is 13.7. The molecule has 0 bridgehead atoms. The number of piperidine rings is 1. The lowest BCUT2D eigenvalue weighted by molar-refractivity contribution is 0.347. The van der Waals surface area contributed by atoms with Crippen molar-refractivity contribution in [1.29, 1.82) is 0 Å². The van der Waals surface area contributed by atoms with Gasteiger partial charge in [0.05, 0.1) is 0 Å². The van der Waals surface area contributed by atoms with Crippen LogP contribution in [0.25, 0.3) is 0 Å². The molecule has 3 rings (SSSR count). The molecule has 0 aromatic carbocycles. The largest absolute Gasteiger partial charge is 0.354 e. The Labute approximate surface area is 147 Å². The maximum Gasteiger partial charge on any atom is 0.252 e. The molecule has 0 aliphatic carbocycles. The van der Waals surface area contributed by atoms with Crippen molar-refractivity contribution in [2.75, 3.05) is 25.0 Å². The molecule has 1 N–H and O–H groups in total. The van der Waals surface area contributed by atoms with E-state index in [1.54, 1.807) is 22.8 Å². The highest BCUT2D eigenvalue weighted by Crippen LogP contribution is 2.27. The van der Waals surface area contributed by atoms with E-state index in [1.165, 1.54) is 11.3 Å². The van der Waals surface area contributed by atoms with Gasteiger partial charge in [-0.05, 0) is 43.9 Å². The van der Waals surface area contributed by atoms with Gasteiger partial charge in [0, 0.05) is 36.9 Å². The van der Waals surface area contributed by atoms with Crippen LogP contribution in [-0.2, 0) is 16.4 Å². The second-order valence-corrected chi connectivity index (χ2v) is 9.28. The first-order valence-electron chi connectivity index (χ1n) is 8.17. The normalized spacial score (nSPS) is 16.2. The van der Waals surface area contributed by atoms with Gasteiger partial charge in [-0.15, -0.1) is 11.3 Å². The van der Waals surface area contributed by atoms with E-state index in [0.29, 0.717) is 29.8 Å². The molecule has 1 aliphatic rings. The fraction of sp³-hybridized carbons (Fsp3) is 0.500. The Kier molecular flexibility index (Phi) is 5.47. The summed E-state index contributed by atoms with van der Waals surface area (Å²) < 4.78 is 27.3. The molecule has 2 aromatic heterocycles. The predicted molar refractivity (Wildman–Crippen MR) is 95.9 cm³/mol. The fourth-order valence-corrected chi connectivity index (χ4v) is 5.67. The highest BCUT2D eigenvalue weighted by Gasteiger charge is 2.27. The molecular formula is C16H22N4O2S2. The topological polar surface area (TPSA) is 75.2 Å². The monoisotopic (exact) mass is 366 g/mol. The lowest BCUT2D eigenvalue weighted by Crippen LogP contribution is -2.35. The number of hydrogen-bond acceptors (Lipinski definition) is 6. The Morgan fingerprint density at radius 3 is 2.58 bits per heavy atom. The molecule has 1 aliphatic heterocycles. The van der Waals surface area contributed by atoms with Crippen LogP contribution in [0.15, 0.2) is 28.7 Å². The average molecular weight is 367 g/mol. The summed E-state index contributed by atoms with van der Waals surface area (Å²) in [5.74, 6) is 0.596. The third-order valence-electron chi connectivity index (χ3n) is 3.98. The molecule has 0 saturated carbocycles. The first-order valence-corrected chi connectivity index (χ1v) is 10.4. The van der Waals surface area contributed by atoms with Gasteiger partial charge < -0.3 is 5.32 Å². The van der Waals surface area contributed by atoms with Crippen molar-refractivity contribution in [1.82, 2.24) is 14.3 Å². The van der Waals surface area contributed by atoms with Crippen LogP contribution in [0.4, 0.5) is 5.95 Å². The second-order valence-electron chi connectivity index (χ2n) is 5.95. The molecule has 0 amide bonds. The number of rotatable bonds is 6. The third kappa shape index (κ3) is 4.12. The summed E-state index contributed by atoms with van der Waals surface area (Å²) in [7, 11) is -3.32. The minimum Gasteiger partial charge on any atom is -0.354 e. The Hall–Kier alpha value is -1.51. The fourth-order valence-electron chi connectivity index (χ4n) is 2.65. The van der Waals surface area contributed by atoms with Crippen molar-refractivity contribution in [2.24, 2.45) is 0 Å². The second kappa shape index (κ2) is 7.58. The molecule has 0 atom stereocenters. The highest BCUT2D eigenvalue weighted by atomic mass is 32.2. The van der Waals surface area contributed by atoms with E-state index in [1.807, 2.05) is 13.0 Å². The minimum absolute atomic E-state index is 0.450. The van der Waals surface area contributed by atoms with E-state index in [4.69, 9.17) is 0 Å². The lowest BCUT2D eigenvalue weighted by atomic mass is 10.2. The van der Waals surface area contributed by atoms with Gasteiger partial charge in [0.1, 0.15) is 4.21 Å².